The van der Waals surface area contributed by atoms with Crippen LogP contribution in [0, 0.1) is 0 Å². The Labute approximate surface area is 172 Å². The van der Waals surface area contributed by atoms with Crippen molar-refractivity contribution in [3.05, 3.63) is 36.9 Å². The first-order valence-corrected chi connectivity index (χ1v) is 9.70. The number of hydrogen-bond acceptors (Lipinski definition) is 6. The molecular weight excluding hydrogens is 368 g/mol. The van der Waals surface area contributed by atoms with Gasteiger partial charge in [0.05, 0.1) is 22.7 Å². The van der Waals surface area contributed by atoms with Crippen LogP contribution in [0.2, 0.25) is 0 Å². The van der Waals surface area contributed by atoms with Crippen molar-refractivity contribution in [2.24, 2.45) is 0 Å². The van der Waals surface area contributed by atoms with Crippen molar-refractivity contribution in [1.82, 2.24) is 24.3 Å². The van der Waals surface area contributed by atoms with Crippen molar-refractivity contribution >= 4 is 22.6 Å². The Kier molecular flexibility index (Phi) is 3.76. The number of rotatable bonds is 5. The summed E-state index contributed by atoms with van der Waals surface area (Å²) in [7, 11) is -0.751. The van der Waals surface area contributed by atoms with Crippen LogP contribution in [0.1, 0.15) is 29.8 Å². The summed E-state index contributed by atoms with van der Waals surface area (Å²) in [5.74, 6) is 0.965. The standard InChI is InChI=1S/C21H24N6O2/c1-28-15-6-4-14(5-7-15)24-21-25-19-18(20(26-21)29-2)16(11-23-19)13-3-8-17-22-9-10-27(17)12-13/h3,8-12,14-15H,4-7H2,1-2H3,(H2,23,24,25,26)/t14-,15-/i1D3. The van der Waals surface area contributed by atoms with Crippen molar-refractivity contribution in [2.75, 3.05) is 19.5 Å². The average Bonchev–Trinajstić information content (AvgIpc) is 3.40. The number of H-pyrrole nitrogens is 1. The fourth-order valence-corrected chi connectivity index (χ4v) is 4.03. The number of nitrogens with zero attached hydrogens (tertiary/aromatic N) is 4. The number of methoxy groups -OCH3 is 2. The number of pyridine rings is 1. The highest BCUT2D eigenvalue weighted by Crippen LogP contribution is 2.34. The maximum absolute atomic E-state index is 7.27. The lowest BCUT2D eigenvalue weighted by Gasteiger charge is -2.28. The summed E-state index contributed by atoms with van der Waals surface area (Å²) in [6.45, 7) is 0. The third-order valence-corrected chi connectivity index (χ3v) is 5.57. The Morgan fingerprint density at radius 2 is 2.14 bits per heavy atom. The molecule has 4 aromatic rings. The lowest BCUT2D eigenvalue weighted by atomic mass is 9.93. The highest BCUT2D eigenvalue weighted by molar-refractivity contribution is 5.97. The van der Waals surface area contributed by atoms with Gasteiger partial charge in [-0.25, -0.2) is 4.98 Å². The molecule has 0 radical (unpaired) electrons. The fraction of sp³-hybridized carbons (Fsp3) is 0.381. The van der Waals surface area contributed by atoms with E-state index in [-0.39, 0.29) is 12.1 Å². The van der Waals surface area contributed by atoms with Crippen molar-refractivity contribution in [1.29, 1.82) is 0 Å². The van der Waals surface area contributed by atoms with Gasteiger partial charge in [0.2, 0.25) is 11.8 Å². The van der Waals surface area contributed by atoms with Crippen molar-refractivity contribution in [3.63, 3.8) is 0 Å². The predicted molar refractivity (Wildman–Crippen MR) is 111 cm³/mol. The maximum Gasteiger partial charge on any atom is 0.228 e. The zero-order valence-corrected chi connectivity index (χ0v) is 16.1. The van der Waals surface area contributed by atoms with Gasteiger partial charge in [0.25, 0.3) is 0 Å². The molecule has 8 nitrogen and oxygen atoms in total. The van der Waals surface area contributed by atoms with Crippen LogP contribution in [0.25, 0.3) is 27.8 Å². The second-order valence-electron chi connectivity index (χ2n) is 7.33. The molecule has 0 atom stereocenters. The zero-order chi connectivity index (χ0) is 22.3. The SMILES string of the molecule is [2H]C([2H])([2H])O[C@H]1CC[C@H](Nc2nc(OC)c3c(-c4ccc5nccn5c4)c[nH]c3n2)CC1. The summed E-state index contributed by atoms with van der Waals surface area (Å²) in [4.78, 5) is 16.8. The molecule has 0 amide bonds. The Balaban J connectivity index is 1.37. The Morgan fingerprint density at radius 3 is 2.97 bits per heavy atom. The molecule has 8 heteroatoms. The molecular formula is C21H24N6O2. The first kappa shape index (κ1) is 14.8. The summed E-state index contributed by atoms with van der Waals surface area (Å²) in [6, 6.07) is 4.12. The van der Waals surface area contributed by atoms with E-state index in [9.17, 15) is 0 Å². The molecule has 4 heterocycles. The van der Waals surface area contributed by atoms with Crippen molar-refractivity contribution in [2.45, 2.75) is 37.8 Å². The minimum Gasteiger partial charge on any atom is -0.480 e. The molecule has 1 aliphatic carbocycles. The molecule has 0 aromatic carbocycles. The van der Waals surface area contributed by atoms with Gasteiger partial charge in [0.15, 0.2) is 0 Å². The second-order valence-corrected chi connectivity index (χ2v) is 7.33. The normalized spacial score (nSPS) is 21.6. The highest BCUT2D eigenvalue weighted by atomic mass is 16.5. The van der Waals surface area contributed by atoms with E-state index in [2.05, 4.69) is 25.3 Å². The van der Waals surface area contributed by atoms with E-state index in [0.717, 1.165) is 35.0 Å². The minimum absolute atomic E-state index is 0.145. The third-order valence-electron chi connectivity index (χ3n) is 5.57. The van der Waals surface area contributed by atoms with Gasteiger partial charge in [0, 0.05) is 49.0 Å². The Hall–Kier alpha value is -3.13. The van der Waals surface area contributed by atoms with E-state index >= 15 is 0 Å². The lowest BCUT2D eigenvalue weighted by Crippen LogP contribution is -2.29. The van der Waals surface area contributed by atoms with E-state index in [1.54, 1.807) is 13.3 Å². The molecule has 4 aromatic heterocycles. The number of fused-ring (bicyclic) bond motifs is 2. The molecule has 0 unspecified atom stereocenters. The minimum atomic E-state index is -2.35. The largest absolute Gasteiger partial charge is 0.480 e. The molecule has 2 N–H and O–H groups in total. The van der Waals surface area contributed by atoms with Crippen molar-refractivity contribution < 1.29 is 13.6 Å². The van der Waals surface area contributed by atoms with Gasteiger partial charge in [-0.3, -0.25) is 0 Å². The molecule has 1 fully saturated rings. The van der Waals surface area contributed by atoms with Gasteiger partial charge in [-0.2, -0.15) is 9.97 Å². The van der Waals surface area contributed by atoms with Gasteiger partial charge < -0.3 is 24.2 Å². The first-order chi connectivity index (χ1) is 15.4. The van der Waals surface area contributed by atoms with Crippen LogP contribution in [-0.4, -0.2) is 50.6 Å². The topological polar surface area (TPSA) is 89.4 Å². The first-order valence-electron chi connectivity index (χ1n) is 11.2. The quantitative estimate of drug-likeness (QED) is 0.536. The van der Waals surface area contributed by atoms with Gasteiger partial charge in [-0.05, 0) is 37.8 Å². The van der Waals surface area contributed by atoms with E-state index in [0.29, 0.717) is 30.3 Å². The van der Waals surface area contributed by atoms with Crippen molar-refractivity contribution in [3.8, 4) is 17.0 Å². The number of anilines is 1. The monoisotopic (exact) mass is 395 g/mol. The van der Waals surface area contributed by atoms with Crippen LogP contribution < -0.4 is 10.1 Å². The molecule has 1 aliphatic rings. The molecule has 0 saturated heterocycles. The highest BCUT2D eigenvalue weighted by Gasteiger charge is 2.22. The van der Waals surface area contributed by atoms with Crippen LogP contribution in [0.3, 0.4) is 0 Å². The van der Waals surface area contributed by atoms with Gasteiger partial charge in [-0.1, -0.05) is 0 Å². The second kappa shape index (κ2) is 7.36. The third kappa shape index (κ3) is 3.29. The number of imidazole rings is 1. The predicted octanol–water partition coefficient (Wildman–Crippen LogP) is 3.65. The lowest BCUT2D eigenvalue weighted by molar-refractivity contribution is 0.0681. The molecule has 0 aliphatic heterocycles. The fourth-order valence-electron chi connectivity index (χ4n) is 4.03. The number of aromatic nitrogens is 5. The van der Waals surface area contributed by atoms with E-state index in [1.165, 1.54) is 0 Å². The van der Waals surface area contributed by atoms with E-state index in [4.69, 9.17) is 13.6 Å². The number of hydrogen-bond donors (Lipinski definition) is 2. The van der Waals surface area contributed by atoms with E-state index < -0.39 is 7.04 Å². The average molecular weight is 395 g/mol. The molecule has 29 heavy (non-hydrogen) atoms. The number of ether oxygens (including phenoxy) is 2. The molecule has 0 spiro atoms. The maximum atomic E-state index is 7.27. The van der Waals surface area contributed by atoms with Crippen LogP contribution in [0.5, 0.6) is 5.88 Å². The van der Waals surface area contributed by atoms with Gasteiger partial charge in [0.1, 0.15) is 11.3 Å². The number of aromatic amines is 1. The summed E-state index contributed by atoms with van der Waals surface area (Å²) < 4.78 is 34.5. The Bertz CT molecular complexity index is 1240. The molecule has 150 valence electrons. The van der Waals surface area contributed by atoms with Crippen LogP contribution in [0.4, 0.5) is 5.95 Å². The molecule has 5 rings (SSSR count). The summed E-state index contributed by atoms with van der Waals surface area (Å²) >= 11 is 0. The van der Waals surface area contributed by atoms with Gasteiger partial charge >= 0.3 is 0 Å². The Morgan fingerprint density at radius 1 is 1.24 bits per heavy atom. The smallest absolute Gasteiger partial charge is 0.228 e. The zero-order valence-electron chi connectivity index (χ0n) is 19.1. The van der Waals surface area contributed by atoms with Crippen LogP contribution >= 0.6 is 0 Å². The summed E-state index contributed by atoms with van der Waals surface area (Å²) in [6.07, 6.45) is 10.3. The summed E-state index contributed by atoms with van der Waals surface area (Å²) in [5.41, 5.74) is 3.50. The van der Waals surface area contributed by atoms with Crippen LogP contribution in [-0.2, 0) is 4.74 Å². The number of nitrogens with one attached hydrogen (secondary N) is 2. The molecule has 1 saturated carbocycles. The van der Waals surface area contributed by atoms with Crippen LogP contribution in [0.15, 0.2) is 36.9 Å². The summed E-state index contributed by atoms with van der Waals surface area (Å²) in [5, 5.41) is 4.18. The molecule has 0 bridgehead atoms. The van der Waals surface area contributed by atoms with Gasteiger partial charge in [-0.15, -0.1) is 0 Å². The van der Waals surface area contributed by atoms with E-state index in [1.807, 2.05) is 35.1 Å².